The Morgan fingerprint density at radius 1 is 0.914 bits per heavy atom. The number of methoxy groups -OCH3 is 1. The zero-order valence-corrected chi connectivity index (χ0v) is 20.2. The highest BCUT2D eigenvalue weighted by molar-refractivity contribution is 6.06. The van der Waals surface area contributed by atoms with Gasteiger partial charge in [0.25, 0.3) is 0 Å². The molecule has 0 saturated heterocycles. The summed E-state index contributed by atoms with van der Waals surface area (Å²) in [5.41, 5.74) is 5.26. The van der Waals surface area contributed by atoms with E-state index >= 15 is 0 Å². The Morgan fingerprint density at radius 3 is 2.20 bits per heavy atom. The summed E-state index contributed by atoms with van der Waals surface area (Å²) in [7, 11) is 1.57. The Balaban J connectivity index is 1.55. The topological polar surface area (TPSA) is 55.8 Å². The van der Waals surface area contributed by atoms with Crippen LogP contribution in [0.1, 0.15) is 62.5 Å². The SMILES string of the molecule is CCN1C2=C(C(=O)CCC2)C(c2ccc(OCc3cccc(F)c3)c(OC)c2)C2=C1CCCC2=O. The number of rotatable bonds is 6. The first-order valence-corrected chi connectivity index (χ1v) is 12.4. The van der Waals surface area contributed by atoms with Crippen LogP contribution >= 0.6 is 0 Å². The molecule has 0 N–H and O–H groups in total. The second kappa shape index (κ2) is 9.68. The predicted octanol–water partition coefficient (Wildman–Crippen LogP) is 5.85. The molecule has 3 aliphatic rings. The first-order chi connectivity index (χ1) is 17.0. The van der Waals surface area contributed by atoms with Crippen LogP contribution in [0.3, 0.4) is 0 Å². The molecule has 35 heavy (non-hydrogen) atoms. The maximum absolute atomic E-state index is 13.5. The van der Waals surface area contributed by atoms with Crippen molar-refractivity contribution in [2.75, 3.05) is 13.7 Å². The van der Waals surface area contributed by atoms with Crippen LogP contribution in [0, 0.1) is 5.82 Å². The van der Waals surface area contributed by atoms with E-state index in [2.05, 4.69) is 11.8 Å². The highest BCUT2D eigenvalue weighted by atomic mass is 19.1. The summed E-state index contributed by atoms with van der Waals surface area (Å²) in [6, 6.07) is 11.9. The number of benzene rings is 2. The summed E-state index contributed by atoms with van der Waals surface area (Å²) >= 11 is 0. The van der Waals surface area contributed by atoms with Gasteiger partial charge < -0.3 is 14.4 Å². The van der Waals surface area contributed by atoms with Crippen molar-refractivity contribution in [2.24, 2.45) is 0 Å². The summed E-state index contributed by atoms with van der Waals surface area (Å²) in [5, 5.41) is 0. The Kier molecular flexibility index (Phi) is 6.46. The van der Waals surface area contributed by atoms with Gasteiger partial charge in [-0.3, -0.25) is 9.59 Å². The molecule has 5 nitrogen and oxygen atoms in total. The van der Waals surface area contributed by atoms with Gasteiger partial charge in [-0.1, -0.05) is 18.2 Å². The quantitative estimate of drug-likeness (QED) is 0.525. The molecule has 1 aliphatic heterocycles. The number of hydrogen-bond donors (Lipinski definition) is 0. The van der Waals surface area contributed by atoms with Gasteiger partial charge in [-0.15, -0.1) is 0 Å². The third-order valence-electron chi connectivity index (χ3n) is 7.21. The van der Waals surface area contributed by atoms with Crippen molar-refractivity contribution in [2.45, 2.75) is 58.0 Å². The third kappa shape index (κ3) is 4.26. The summed E-state index contributed by atoms with van der Waals surface area (Å²) in [6.45, 7) is 3.03. The summed E-state index contributed by atoms with van der Waals surface area (Å²) in [5.74, 6) is 0.617. The van der Waals surface area contributed by atoms with E-state index in [1.165, 1.54) is 12.1 Å². The average molecular weight is 476 g/mol. The molecule has 0 spiro atoms. The number of carbonyl (C=O) groups excluding carboxylic acids is 2. The molecule has 0 bridgehead atoms. The number of ether oxygens (including phenoxy) is 2. The van der Waals surface area contributed by atoms with E-state index in [1.807, 2.05) is 18.2 Å². The molecule has 0 amide bonds. The average Bonchev–Trinajstić information content (AvgIpc) is 2.86. The third-order valence-corrected chi connectivity index (χ3v) is 7.21. The highest BCUT2D eigenvalue weighted by Gasteiger charge is 2.43. The lowest BCUT2D eigenvalue weighted by atomic mass is 9.71. The van der Waals surface area contributed by atoms with Crippen molar-refractivity contribution in [3.05, 3.63) is 81.9 Å². The molecule has 0 fully saturated rings. The zero-order chi connectivity index (χ0) is 24.5. The predicted molar refractivity (Wildman–Crippen MR) is 131 cm³/mol. The first-order valence-electron chi connectivity index (χ1n) is 12.4. The van der Waals surface area contributed by atoms with Gasteiger partial charge in [-0.25, -0.2) is 4.39 Å². The van der Waals surface area contributed by atoms with Gasteiger partial charge in [0, 0.05) is 47.8 Å². The molecular formula is C29H30FNO4. The lowest BCUT2D eigenvalue weighted by Gasteiger charge is -2.43. The number of hydrogen-bond acceptors (Lipinski definition) is 5. The van der Waals surface area contributed by atoms with Crippen molar-refractivity contribution in [1.82, 2.24) is 4.90 Å². The zero-order valence-electron chi connectivity index (χ0n) is 20.2. The fourth-order valence-corrected chi connectivity index (χ4v) is 5.70. The van der Waals surface area contributed by atoms with Crippen LogP contribution in [0.5, 0.6) is 11.5 Å². The molecule has 2 aromatic rings. The normalized spacial score (nSPS) is 18.5. The molecule has 0 atom stereocenters. The Bertz CT molecular complexity index is 1200. The van der Waals surface area contributed by atoms with Gasteiger partial charge in [0.2, 0.25) is 0 Å². The summed E-state index contributed by atoms with van der Waals surface area (Å²) < 4.78 is 25.1. The standard InChI is InChI=1S/C29H30FNO4/c1-3-31-21-9-5-11-23(32)28(21)27(29-22(31)10-6-12-24(29)33)19-13-14-25(26(16-19)34-2)35-17-18-7-4-8-20(30)15-18/h4,7-8,13-16,27H,3,5-6,9-12,17H2,1-2H3. The van der Waals surface area contributed by atoms with Gasteiger partial charge in [0.15, 0.2) is 23.1 Å². The Hall–Kier alpha value is -3.41. The van der Waals surface area contributed by atoms with Crippen molar-refractivity contribution in [1.29, 1.82) is 0 Å². The van der Waals surface area contributed by atoms with Crippen LogP contribution < -0.4 is 9.47 Å². The van der Waals surface area contributed by atoms with Crippen molar-refractivity contribution in [3.63, 3.8) is 0 Å². The molecule has 5 rings (SSSR count). The van der Waals surface area contributed by atoms with Gasteiger partial charge >= 0.3 is 0 Å². The minimum atomic E-state index is -0.380. The van der Waals surface area contributed by atoms with Crippen LogP contribution in [-0.4, -0.2) is 30.1 Å². The molecule has 2 aromatic carbocycles. The van der Waals surface area contributed by atoms with Crippen molar-refractivity contribution >= 4 is 11.6 Å². The maximum atomic E-state index is 13.5. The molecule has 182 valence electrons. The number of carbonyl (C=O) groups is 2. The van der Waals surface area contributed by atoms with E-state index in [0.717, 1.165) is 60.3 Å². The lowest BCUT2D eigenvalue weighted by molar-refractivity contribution is -0.117. The van der Waals surface area contributed by atoms with E-state index < -0.39 is 0 Å². The second-order valence-electron chi connectivity index (χ2n) is 9.28. The number of allylic oxidation sites excluding steroid dienone is 4. The Labute approximate surface area is 205 Å². The van der Waals surface area contributed by atoms with Crippen LogP contribution in [0.2, 0.25) is 0 Å². The summed E-state index contributed by atoms with van der Waals surface area (Å²) in [6.07, 6.45) is 4.40. The monoisotopic (exact) mass is 475 g/mol. The van der Waals surface area contributed by atoms with E-state index in [-0.39, 0.29) is 29.9 Å². The van der Waals surface area contributed by atoms with Crippen molar-refractivity contribution in [3.8, 4) is 11.5 Å². The van der Waals surface area contributed by atoms with Gasteiger partial charge in [0.1, 0.15) is 12.4 Å². The van der Waals surface area contributed by atoms with E-state index in [9.17, 15) is 14.0 Å². The van der Waals surface area contributed by atoms with Crippen LogP contribution in [0.25, 0.3) is 0 Å². The molecule has 1 heterocycles. The van der Waals surface area contributed by atoms with Crippen LogP contribution in [-0.2, 0) is 16.2 Å². The van der Waals surface area contributed by atoms with Crippen LogP contribution in [0.15, 0.2) is 65.0 Å². The molecule has 2 aliphatic carbocycles. The number of halogens is 1. The van der Waals surface area contributed by atoms with E-state index in [0.29, 0.717) is 29.9 Å². The van der Waals surface area contributed by atoms with Crippen LogP contribution in [0.4, 0.5) is 4.39 Å². The van der Waals surface area contributed by atoms with Crippen molar-refractivity contribution < 1.29 is 23.5 Å². The maximum Gasteiger partial charge on any atom is 0.161 e. The van der Waals surface area contributed by atoms with E-state index in [4.69, 9.17) is 9.47 Å². The molecule has 6 heteroatoms. The number of nitrogens with zero attached hydrogens (tertiary/aromatic N) is 1. The minimum Gasteiger partial charge on any atom is -0.493 e. The Morgan fingerprint density at radius 2 is 1.60 bits per heavy atom. The van der Waals surface area contributed by atoms with Gasteiger partial charge in [-0.05, 0) is 68.0 Å². The van der Waals surface area contributed by atoms with Gasteiger partial charge in [0.05, 0.1) is 7.11 Å². The fourth-order valence-electron chi connectivity index (χ4n) is 5.70. The highest BCUT2D eigenvalue weighted by Crippen LogP contribution is 2.49. The smallest absolute Gasteiger partial charge is 0.161 e. The number of Topliss-reactive ketones (excluding diaryl/α,β-unsaturated/α-hetero) is 2. The molecular weight excluding hydrogens is 445 g/mol. The number of ketones is 2. The minimum absolute atomic E-state index is 0.130. The molecule has 0 aromatic heterocycles. The fraction of sp³-hybridized carbons (Fsp3) is 0.379. The lowest BCUT2D eigenvalue weighted by Crippen LogP contribution is -2.39. The molecule has 0 saturated carbocycles. The molecule has 0 radical (unpaired) electrons. The summed E-state index contributed by atoms with van der Waals surface area (Å²) in [4.78, 5) is 28.7. The van der Waals surface area contributed by atoms with E-state index in [1.54, 1.807) is 19.2 Å². The first kappa shape index (κ1) is 23.3. The largest absolute Gasteiger partial charge is 0.493 e. The van der Waals surface area contributed by atoms with Gasteiger partial charge in [-0.2, -0.15) is 0 Å². The second-order valence-corrected chi connectivity index (χ2v) is 9.28. The molecule has 0 unspecified atom stereocenters.